The monoisotopic (exact) mass is 285 g/mol. The molecule has 0 aromatic heterocycles. The lowest BCUT2D eigenvalue weighted by atomic mass is 9.68. The number of benzene rings is 1. The Balaban J connectivity index is 2.00. The number of aliphatic carboxylic acids is 1. The Hall–Kier alpha value is -1.62. The molecule has 0 saturated heterocycles. The number of halogens is 2. The molecule has 1 aromatic carbocycles. The zero-order valence-corrected chi connectivity index (χ0v) is 10.8. The second kappa shape index (κ2) is 5.17. The highest BCUT2D eigenvalue weighted by atomic mass is 35.5. The van der Waals surface area contributed by atoms with Crippen LogP contribution in [0.3, 0.4) is 0 Å². The predicted octanol–water partition coefficient (Wildman–Crippen LogP) is 2.35. The Morgan fingerprint density at radius 3 is 2.58 bits per heavy atom. The molecule has 6 heteroatoms. The van der Waals surface area contributed by atoms with Crippen LogP contribution >= 0.6 is 11.6 Å². The number of hydrogen-bond donors (Lipinski definition) is 2. The molecule has 102 valence electrons. The first kappa shape index (κ1) is 13.8. The zero-order valence-electron chi connectivity index (χ0n) is 10.1. The third-order valence-electron chi connectivity index (χ3n) is 3.49. The molecule has 2 rings (SSSR count). The SMILES string of the molecule is O=C(O)C1(C(=O)NCc2ccc(F)c(Cl)c2)CCC1. The van der Waals surface area contributed by atoms with Crippen LogP contribution in [0.25, 0.3) is 0 Å². The number of hydrogen-bond acceptors (Lipinski definition) is 2. The standard InChI is InChI=1S/C13H13ClFNO3/c14-9-6-8(2-3-10(9)15)7-16-11(17)13(12(18)19)4-1-5-13/h2-3,6H,1,4-5,7H2,(H,16,17)(H,18,19). The molecule has 0 aliphatic heterocycles. The highest BCUT2D eigenvalue weighted by Gasteiger charge is 2.50. The van der Waals surface area contributed by atoms with E-state index in [1.807, 2.05) is 0 Å². The van der Waals surface area contributed by atoms with Crippen molar-refractivity contribution >= 4 is 23.5 Å². The molecular weight excluding hydrogens is 273 g/mol. The van der Waals surface area contributed by atoms with Crippen LogP contribution in [0.5, 0.6) is 0 Å². The molecule has 2 N–H and O–H groups in total. The summed E-state index contributed by atoms with van der Waals surface area (Å²) in [5, 5.41) is 11.6. The lowest BCUT2D eigenvalue weighted by molar-refractivity contribution is -0.162. The van der Waals surface area contributed by atoms with Crippen molar-refractivity contribution in [3.05, 3.63) is 34.6 Å². The van der Waals surface area contributed by atoms with Crippen LogP contribution in [-0.4, -0.2) is 17.0 Å². The molecular formula is C13H13ClFNO3. The van der Waals surface area contributed by atoms with Gasteiger partial charge in [0.15, 0.2) is 0 Å². The highest BCUT2D eigenvalue weighted by molar-refractivity contribution is 6.30. The quantitative estimate of drug-likeness (QED) is 0.835. The lowest BCUT2D eigenvalue weighted by Crippen LogP contribution is -2.50. The van der Waals surface area contributed by atoms with Crippen LogP contribution in [0.4, 0.5) is 4.39 Å². The number of carbonyl (C=O) groups excluding carboxylic acids is 1. The third kappa shape index (κ3) is 2.56. The van der Waals surface area contributed by atoms with Crippen LogP contribution in [0.1, 0.15) is 24.8 Å². The zero-order chi connectivity index (χ0) is 14.0. The summed E-state index contributed by atoms with van der Waals surface area (Å²) in [5.74, 6) is -2.11. The molecule has 0 heterocycles. The van der Waals surface area contributed by atoms with Crippen molar-refractivity contribution in [3.63, 3.8) is 0 Å². The van der Waals surface area contributed by atoms with E-state index in [2.05, 4.69) is 5.32 Å². The molecule has 0 spiro atoms. The van der Waals surface area contributed by atoms with Crippen molar-refractivity contribution in [2.75, 3.05) is 0 Å². The smallest absolute Gasteiger partial charge is 0.319 e. The van der Waals surface area contributed by atoms with E-state index in [-0.39, 0.29) is 11.6 Å². The molecule has 0 radical (unpaired) electrons. The second-order valence-electron chi connectivity index (χ2n) is 4.67. The van der Waals surface area contributed by atoms with Crippen molar-refractivity contribution in [2.24, 2.45) is 5.41 Å². The van der Waals surface area contributed by atoms with Gasteiger partial charge in [0.05, 0.1) is 5.02 Å². The Morgan fingerprint density at radius 2 is 2.11 bits per heavy atom. The van der Waals surface area contributed by atoms with Crippen LogP contribution in [0, 0.1) is 11.2 Å². The summed E-state index contributed by atoms with van der Waals surface area (Å²) < 4.78 is 13.0. The maximum absolute atomic E-state index is 13.0. The molecule has 0 bridgehead atoms. The molecule has 19 heavy (non-hydrogen) atoms. The van der Waals surface area contributed by atoms with Gasteiger partial charge in [0.25, 0.3) is 0 Å². The summed E-state index contributed by atoms with van der Waals surface area (Å²) in [4.78, 5) is 23.0. The van der Waals surface area contributed by atoms with E-state index >= 15 is 0 Å². The van der Waals surface area contributed by atoms with Crippen LogP contribution < -0.4 is 5.32 Å². The average Bonchev–Trinajstić information content (AvgIpc) is 2.28. The van der Waals surface area contributed by atoms with E-state index in [9.17, 15) is 14.0 Å². The first-order valence-corrected chi connectivity index (χ1v) is 6.29. The molecule has 4 nitrogen and oxygen atoms in total. The number of carbonyl (C=O) groups is 2. The molecule has 1 amide bonds. The Kier molecular flexibility index (Phi) is 3.75. The normalized spacial score (nSPS) is 16.5. The second-order valence-corrected chi connectivity index (χ2v) is 5.08. The van der Waals surface area contributed by atoms with Crippen LogP contribution in [-0.2, 0) is 16.1 Å². The van der Waals surface area contributed by atoms with Gasteiger partial charge in [-0.15, -0.1) is 0 Å². The summed E-state index contributed by atoms with van der Waals surface area (Å²) in [6.45, 7) is 0.133. The van der Waals surface area contributed by atoms with E-state index in [1.54, 1.807) is 0 Å². The van der Waals surface area contributed by atoms with Crippen molar-refractivity contribution in [1.29, 1.82) is 0 Å². The van der Waals surface area contributed by atoms with E-state index in [1.165, 1.54) is 18.2 Å². The molecule has 1 aromatic rings. The van der Waals surface area contributed by atoms with Gasteiger partial charge in [-0.3, -0.25) is 9.59 Å². The van der Waals surface area contributed by atoms with Gasteiger partial charge in [-0.2, -0.15) is 0 Å². The topological polar surface area (TPSA) is 66.4 Å². The fraction of sp³-hybridized carbons (Fsp3) is 0.385. The molecule has 0 unspecified atom stereocenters. The number of amides is 1. The van der Waals surface area contributed by atoms with Crippen molar-refractivity contribution < 1.29 is 19.1 Å². The fourth-order valence-corrected chi connectivity index (χ4v) is 2.27. The molecule has 1 aliphatic carbocycles. The summed E-state index contributed by atoms with van der Waals surface area (Å²) in [6.07, 6.45) is 1.46. The Morgan fingerprint density at radius 1 is 1.42 bits per heavy atom. The van der Waals surface area contributed by atoms with Gasteiger partial charge in [-0.25, -0.2) is 4.39 Å². The molecule has 1 aliphatic rings. The largest absolute Gasteiger partial charge is 0.480 e. The van der Waals surface area contributed by atoms with Gasteiger partial charge in [-0.1, -0.05) is 24.1 Å². The van der Waals surface area contributed by atoms with Gasteiger partial charge in [0.2, 0.25) is 5.91 Å². The van der Waals surface area contributed by atoms with Gasteiger partial charge < -0.3 is 10.4 Å². The van der Waals surface area contributed by atoms with Crippen molar-refractivity contribution in [1.82, 2.24) is 5.32 Å². The summed E-state index contributed by atoms with van der Waals surface area (Å²) in [5.41, 5.74) is -0.663. The Labute approximate surface area is 114 Å². The maximum Gasteiger partial charge on any atom is 0.319 e. The van der Waals surface area contributed by atoms with E-state index < -0.39 is 23.1 Å². The predicted molar refractivity (Wildman–Crippen MR) is 67.2 cm³/mol. The third-order valence-corrected chi connectivity index (χ3v) is 3.78. The Bertz CT molecular complexity index is 529. The summed E-state index contributed by atoms with van der Waals surface area (Å²) in [7, 11) is 0. The minimum atomic E-state index is -1.29. The van der Waals surface area contributed by atoms with E-state index in [0.29, 0.717) is 18.4 Å². The molecule has 0 atom stereocenters. The van der Waals surface area contributed by atoms with E-state index in [4.69, 9.17) is 16.7 Å². The summed E-state index contributed by atoms with van der Waals surface area (Å²) in [6, 6.07) is 4.11. The van der Waals surface area contributed by atoms with Gasteiger partial charge in [0.1, 0.15) is 11.2 Å². The van der Waals surface area contributed by atoms with Crippen LogP contribution in [0.2, 0.25) is 5.02 Å². The first-order chi connectivity index (χ1) is 8.95. The number of carboxylic acids is 1. The van der Waals surface area contributed by atoms with Gasteiger partial charge in [-0.05, 0) is 30.5 Å². The molecule has 1 fully saturated rings. The highest BCUT2D eigenvalue weighted by Crippen LogP contribution is 2.41. The number of carboxylic acid groups (broad SMARTS) is 1. The summed E-state index contributed by atoms with van der Waals surface area (Å²) >= 11 is 5.63. The fourth-order valence-electron chi connectivity index (χ4n) is 2.07. The number of nitrogens with one attached hydrogen (secondary N) is 1. The van der Waals surface area contributed by atoms with E-state index in [0.717, 1.165) is 6.42 Å². The maximum atomic E-state index is 13.0. The van der Waals surface area contributed by atoms with Gasteiger partial charge >= 0.3 is 5.97 Å². The van der Waals surface area contributed by atoms with Crippen molar-refractivity contribution in [3.8, 4) is 0 Å². The average molecular weight is 286 g/mol. The minimum Gasteiger partial charge on any atom is -0.480 e. The van der Waals surface area contributed by atoms with Gasteiger partial charge in [0, 0.05) is 6.54 Å². The first-order valence-electron chi connectivity index (χ1n) is 5.91. The molecule has 1 saturated carbocycles. The lowest BCUT2D eigenvalue weighted by Gasteiger charge is -2.35. The number of rotatable bonds is 4. The minimum absolute atomic E-state index is 0.0247. The van der Waals surface area contributed by atoms with Crippen molar-refractivity contribution in [2.45, 2.75) is 25.8 Å². The van der Waals surface area contributed by atoms with Crippen LogP contribution in [0.15, 0.2) is 18.2 Å².